The number of sulfone groups is 1. The van der Waals surface area contributed by atoms with Gasteiger partial charge in [0.2, 0.25) is 26.6 Å². The lowest BCUT2D eigenvalue weighted by molar-refractivity contribution is 0.197. The molecule has 0 atom stereocenters. The van der Waals surface area contributed by atoms with Crippen molar-refractivity contribution in [2.24, 2.45) is 0 Å². The van der Waals surface area contributed by atoms with E-state index in [0.29, 0.717) is 25.1 Å². The van der Waals surface area contributed by atoms with Crippen LogP contribution in [-0.4, -0.2) is 33.7 Å². The number of rotatable bonds is 8. The van der Waals surface area contributed by atoms with Crippen molar-refractivity contribution in [3.63, 3.8) is 0 Å². The first-order valence-corrected chi connectivity index (χ1v) is 10.2. The Morgan fingerprint density at radius 2 is 1.79 bits per heavy atom. The molecule has 0 aliphatic rings. The first kappa shape index (κ1) is 20.0. The lowest BCUT2D eigenvalue weighted by Gasteiger charge is -2.06. The van der Waals surface area contributed by atoms with Crippen molar-refractivity contribution in [2.75, 3.05) is 25.6 Å². The van der Waals surface area contributed by atoms with Crippen LogP contribution in [0.2, 0.25) is 0 Å². The van der Waals surface area contributed by atoms with E-state index in [1.807, 2.05) is 31.2 Å². The van der Waals surface area contributed by atoms with Gasteiger partial charge in [0.25, 0.3) is 0 Å². The number of nitrogens with one attached hydrogen (secondary N) is 1. The second kappa shape index (κ2) is 8.53. The zero-order valence-corrected chi connectivity index (χ0v) is 16.4. The number of oxazole rings is 1. The minimum atomic E-state index is -3.99. The van der Waals surface area contributed by atoms with Gasteiger partial charge in [0.05, 0.1) is 4.90 Å². The van der Waals surface area contributed by atoms with Gasteiger partial charge >= 0.3 is 0 Å². The predicted molar refractivity (Wildman–Crippen MR) is 104 cm³/mol. The summed E-state index contributed by atoms with van der Waals surface area (Å²) in [5, 5.41) is 2.74. The molecule has 28 heavy (non-hydrogen) atoms. The fourth-order valence-electron chi connectivity index (χ4n) is 2.56. The number of halogens is 1. The molecular weight excluding hydrogens is 383 g/mol. The van der Waals surface area contributed by atoms with Crippen molar-refractivity contribution < 1.29 is 22.0 Å². The Morgan fingerprint density at radius 1 is 1.11 bits per heavy atom. The maximum atomic E-state index is 13.2. The Bertz CT molecular complexity index is 1030. The highest BCUT2D eigenvalue weighted by Gasteiger charge is 2.28. The summed E-state index contributed by atoms with van der Waals surface area (Å²) >= 11 is 0. The van der Waals surface area contributed by atoms with Gasteiger partial charge in [0.15, 0.2) is 0 Å². The van der Waals surface area contributed by atoms with Gasteiger partial charge in [-0.25, -0.2) is 12.8 Å². The van der Waals surface area contributed by atoms with E-state index in [1.165, 1.54) is 12.1 Å². The van der Waals surface area contributed by atoms with E-state index in [4.69, 9.17) is 9.15 Å². The van der Waals surface area contributed by atoms with Crippen LogP contribution < -0.4 is 5.32 Å². The summed E-state index contributed by atoms with van der Waals surface area (Å²) in [5.41, 5.74) is 1.72. The second-order valence-corrected chi connectivity index (χ2v) is 8.11. The van der Waals surface area contributed by atoms with Gasteiger partial charge in [0, 0.05) is 25.8 Å². The normalized spacial score (nSPS) is 11.5. The van der Waals surface area contributed by atoms with Gasteiger partial charge in [-0.2, -0.15) is 4.98 Å². The smallest absolute Gasteiger partial charge is 0.233 e. The molecule has 0 saturated carbocycles. The summed E-state index contributed by atoms with van der Waals surface area (Å²) in [6.45, 7) is 2.92. The number of hydrogen-bond acceptors (Lipinski definition) is 6. The van der Waals surface area contributed by atoms with Crippen LogP contribution in [0.25, 0.3) is 11.5 Å². The van der Waals surface area contributed by atoms with Gasteiger partial charge in [-0.15, -0.1) is 0 Å². The molecule has 2 aromatic carbocycles. The van der Waals surface area contributed by atoms with E-state index in [-0.39, 0.29) is 21.7 Å². The van der Waals surface area contributed by atoms with E-state index in [2.05, 4.69) is 10.3 Å². The highest BCUT2D eigenvalue weighted by molar-refractivity contribution is 7.91. The molecule has 8 heteroatoms. The number of ether oxygens (including phenoxy) is 1. The number of methoxy groups -OCH3 is 1. The van der Waals surface area contributed by atoms with Crippen LogP contribution >= 0.6 is 0 Å². The van der Waals surface area contributed by atoms with Crippen molar-refractivity contribution >= 4 is 15.7 Å². The van der Waals surface area contributed by atoms with E-state index in [9.17, 15) is 12.8 Å². The highest BCUT2D eigenvalue weighted by atomic mass is 32.2. The molecule has 0 aliphatic carbocycles. The second-order valence-electron chi connectivity index (χ2n) is 6.25. The van der Waals surface area contributed by atoms with Gasteiger partial charge in [-0.3, -0.25) is 0 Å². The van der Waals surface area contributed by atoms with Crippen molar-refractivity contribution in [1.29, 1.82) is 0 Å². The van der Waals surface area contributed by atoms with Gasteiger partial charge in [0.1, 0.15) is 5.82 Å². The minimum absolute atomic E-state index is 0.0519. The monoisotopic (exact) mass is 404 g/mol. The average Bonchev–Trinajstić information content (AvgIpc) is 3.11. The standard InChI is InChI=1S/C20H21FN2O4S/c1-14-4-6-15(7-5-14)18-23-20(19(27-18)22-12-3-13-26-2)28(24,25)17-10-8-16(21)9-11-17/h4-11,22H,3,12-13H2,1-2H3. The van der Waals surface area contributed by atoms with Crippen molar-refractivity contribution in [3.8, 4) is 11.5 Å². The summed E-state index contributed by atoms with van der Waals surface area (Å²) in [6, 6.07) is 12.0. The van der Waals surface area contributed by atoms with E-state index < -0.39 is 15.7 Å². The third-order valence-electron chi connectivity index (χ3n) is 4.08. The number of aryl methyl sites for hydroxylation is 1. The zero-order valence-electron chi connectivity index (χ0n) is 15.6. The molecule has 0 bridgehead atoms. The van der Waals surface area contributed by atoms with Crippen LogP contribution in [0.1, 0.15) is 12.0 Å². The summed E-state index contributed by atoms with van der Waals surface area (Å²) in [6.07, 6.45) is 0.660. The average molecular weight is 404 g/mol. The molecule has 1 N–H and O–H groups in total. The van der Waals surface area contributed by atoms with Crippen LogP contribution in [0.4, 0.5) is 10.3 Å². The lowest BCUT2D eigenvalue weighted by atomic mass is 10.1. The van der Waals surface area contributed by atoms with E-state index >= 15 is 0 Å². The molecule has 0 amide bonds. The molecule has 3 aromatic rings. The zero-order chi connectivity index (χ0) is 20.1. The maximum absolute atomic E-state index is 13.2. The Balaban J connectivity index is 2.01. The largest absolute Gasteiger partial charge is 0.419 e. The van der Waals surface area contributed by atoms with Gasteiger partial charge in [-0.1, -0.05) is 17.7 Å². The topological polar surface area (TPSA) is 81.4 Å². The quantitative estimate of drug-likeness (QED) is 0.450. The maximum Gasteiger partial charge on any atom is 0.233 e. The SMILES string of the molecule is COCCCNc1oc(-c2ccc(C)cc2)nc1S(=O)(=O)c1ccc(F)cc1. The molecule has 0 unspecified atom stereocenters. The molecule has 1 heterocycles. The molecular formula is C20H21FN2O4S. The third-order valence-corrected chi connectivity index (χ3v) is 5.76. The summed E-state index contributed by atoms with van der Waals surface area (Å²) in [5.74, 6) is -0.275. The summed E-state index contributed by atoms with van der Waals surface area (Å²) in [4.78, 5) is 4.18. The Labute approximate surface area is 163 Å². The molecule has 148 valence electrons. The molecule has 6 nitrogen and oxygen atoms in total. The van der Waals surface area contributed by atoms with Crippen molar-refractivity contribution in [3.05, 3.63) is 59.9 Å². The van der Waals surface area contributed by atoms with Crippen LogP contribution in [0.15, 0.2) is 62.9 Å². The van der Waals surface area contributed by atoms with Crippen molar-refractivity contribution in [1.82, 2.24) is 4.98 Å². The summed E-state index contributed by atoms with van der Waals surface area (Å²) in [7, 11) is -2.40. The molecule has 0 radical (unpaired) electrons. The van der Waals surface area contributed by atoms with E-state index in [0.717, 1.165) is 17.7 Å². The number of aromatic nitrogens is 1. The number of nitrogens with zero attached hydrogens (tertiary/aromatic N) is 1. The Kier molecular flexibility index (Phi) is 6.11. The predicted octanol–water partition coefficient (Wildman–Crippen LogP) is 4.07. The molecule has 0 spiro atoms. The Hall–Kier alpha value is -2.71. The Morgan fingerprint density at radius 3 is 2.43 bits per heavy atom. The number of benzene rings is 2. The van der Waals surface area contributed by atoms with Gasteiger partial charge < -0.3 is 14.5 Å². The molecule has 0 aliphatic heterocycles. The fraction of sp³-hybridized carbons (Fsp3) is 0.250. The van der Waals surface area contributed by atoms with Crippen LogP contribution in [0.5, 0.6) is 0 Å². The van der Waals surface area contributed by atoms with Crippen LogP contribution in [-0.2, 0) is 14.6 Å². The van der Waals surface area contributed by atoms with Crippen LogP contribution in [0, 0.1) is 12.7 Å². The summed E-state index contributed by atoms with van der Waals surface area (Å²) < 4.78 is 50.0. The lowest BCUT2D eigenvalue weighted by Crippen LogP contribution is -2.09. The minimum Gasteiger partial charge on any atom is -0.419 e. The fourth-order valence-corrected chi connectivity index (χ4v) is 3.84. The van der Waals surface area contributed by atoms with Crippen LogP contribution in [0.3, 0.4) is 0 Å². The van der Waals surface area contributed by atoms with Gasteiger partial charge in [-0.05, 0) is 49.7 Å². The molecule has 1 aromatic heterocycles. The van der Waals surface area contributed by atoms with Crippen molar-refractivity contribution in [2.45, 2.75) is 23.3 Å². The van der Waals surface area contributed by atoms with E-state index in [1.54, 1.807) is 7.11 Å². The molecule has 0 saturated heterocycles. The molecule has 3 rings (SSSR count). The third kappa shape index (κ3) is 4.40. The first-order chi connectivity index (χ1) is 13.4. The number of anilines is 1. The first-order valence-electron chi connectivity index (χ1n) is 8.73. The molecule has 0 fully saturated rings. The highest BCUT2D eigenvalue weighted by Crippen LogP contribution is 2.32. The number of hydrogen-bond donors (Lipinski definition) is 1.